The fraction of sp³-hybridized carbons (Fsp3) is 0.562. The second kappa shape index (κ2) is 5.83. The van der Waals surface area contributed by atoms with Crippen molar-refractivity contribution >= 4 is 5.91 Å². The molecular weight excluding hydrogens is 252 g/mol. The number of carbonyl (C=O) groups is 1. The molecule has 1 aliphatic rings. The van der Waals surface area contributed by atoms with Crippen molar-refractivity contribution in [1.82, 2.24) is 4.90 Å². The molecule has 20 heavy (non-hydrogen) atoms. The van der Waals surface area contributed by atoms with Crippen LogP contribution in [0.3, 0.4) is 0 Å². The molecule has 2 rings (SSSR count). The average Bonchev–Trinajstić information content (AvgIpc) is 2.33. The number of nitrogens with zero attached hydrogens (tertiary/aromatic N) is 1. The van der Waals surface area contributed by atoms with Gasteiger partial charge in [-0.15, -0.1) is 0 Å². The first-order chi connectivity index (χ1) is 9.40. The third kappa shape index (κ3) is 3.31. The lowest BCUT2D eigenvalue weighted by Crippen LogP contribution is -2.59. The number of hydrogen-bond donors (Lipinski definition) is 1. The van der Waals surface area contributed by atoms with Crippen LogP contribution in [0.25, 0.3) is 0 Å². The summed E-state index contributed by atoms with van der Waals surface area (Å²) in [7, 11) is 1.79. The van der Waals surface area contributed by atoms with Crippen molar-refractivity contribution in [3.63, 3.8) is 0 Å². The predicted octanol–water partition coefficient (Wildman–Crippen LogP) is 2.02. The third-order valence-electron chi connectivity index (χ3n) is 3.91. The monoisotopic (exact) mass is 276 g/mol. The Kier molecular flexibility index (Phi) is 4.33. The highest BCUT2D eigenvalue weighted by atomic mass is 16.5. The zero-order valence-corrected chi connectivity index (χ0v) is 12.6. The van der Waals surface area contributed by atoms with Gasteiger partial charge in [0.2, 0.25) is 5.91 Å². The van der Waals surface area contributed by atoms with Crippen molar-refractivity contribution in [1.29, 1.82) is 0 Å². The molecule has 4 nitrogen and oxygen atoms in total. The van der Waals surface area contributed by atoms with E-state index in [0.717, 1.165) is 25.0 Å². The number of nitrogens with two attached hydrogens (primary N) is 1. The van der Waals surface area contributed by atoms with Crippen LogP contribution in [0.1, 0.15) is 30.4 Å². The van der Waals surface area contributed by atoms with Crippen molar-refractivity contribution in [2.45, 2.75) is 38.6 Å². The van der Waals surface area contributed by atoms with E-state index in [2.05, 4.69) is 6.07 Å². The van der Waals surface area contributed by atoms with Crippen molar-refractivity contribution in [3.8, 4) is 5.75 Å². The summed E-state index contributed by atoms with van der Waals surface area (Å²) in [6, 6.07) is 6.12. The SMILES string of the molecule is Cc1cc(C)cc(OCCN(C)C(=O)C2(N)CCC2)c1. The van der Waals surface area contributed by atoms with Crippen LogP contribution >= 0.6 is 0 Å². The summed E-state index contributed by atoms with van der Waals surface area (Å²) < 4.78 is 5.72. The van der Waals surface area contributed by atoms with Crippen LogP contribution in [0.15, 0.2) is 18.2 Å². The second-order valence-electron chi connectivity index (χ2n) is 5.91. The Morgan fingerprint density at radius 1 is 1.30 bits per heavy atom. The van der Waals surface area contributed by atoms with E-state index in [1.54, 1.807) is 11.9 Å². The number of likely N-dealkylation sites (N-methyl/N-ethyl adjacent to an activating group) is 1. The van der Waals surface area contributed by atoms with Crippen LogP contribution in [0.2, 0.25) is 0 Å². The van der Waals surface area contributed by atoms with Gasteiger partial charge in [0.05, 0.1) is 12.1 Å². The van der Waals surface area contributed by atoms with Gasteiger partial charge in [-0.25, -0.2) is 0 Å². The van der Waals surface area contributed by atoms with E-state index < -0.39 is 5.54 Å². The van der Waals surface area contributed by atoms with E-state index in [0.29, 0.717) is 13.2 Å². The lowest BCUT2D eigenvalue weighted by Gasteiger charge is -2.39. The lowest BCUT2D eigenvalue weighted by atomic mass is 9.77. The number of hydrogen-bond acceptors (Lipinski definition) is 3. The molecule has 110 valence electrons. The van der Waals surface area contributed by atoms with Gasteiger partial charge in [0.25, 0.3) is 0 Å². The molecule has 0 atom stereocenters. The molecule has 0 aliphatic heterocycles. The maximum Gasteiger partial charge on any atom is 0.242 e. The Bertz CT molecular complexity index is 475. The van der Waals surface area contributed by atoms with E-state index in [1.165, 1.54) is 11.1 Å². The first-order valence-corrected chi connectivity index (χ1v) is 7.16. The molecular formula is C16H24N2O2. The van der Waals surface area contributed by atoms with E-state index in [4.69, 9.17) is 10.5 Å². The zero-order valence-electron chi connectivity index (χ0n) is 12.6. The molecule has 0 unspecified atom stereocenters. The summed E-state index contributed by atoms with van der Waals surface area (Å²) in [6.07, 6.45) is 2.65. The highest BCUT2D eigenvalue weighted by Gasteiger charge is 2.41. The lowest BCUT2D eigenvalue weighted by molar-refractivity contribution is -0.139. The molecule has 0 aromatic heterocycles. The van der Waals surface area contributed by atoms with Crippen LogP contribution in [-0.2, 0) is 4.79 Å². The molecule has 1 aromatic carbocycles. The number of ether oxygens (including phenoxy) is 1. The minimum Gasteiger partial charge on any atom is -0.492 e. The summed E-state index contributed by atoms with van der Waals surface area (Å²) in [4.78, 5) is 13.8. The Morgan fingerprint density at radius 2 is 1.90 bits per heavy atom. The summed E-state index contributed by atoms with van der Waals surface area (Å²) in [5.74, 6) is 0.891. The number of carbonyl (C=O) groups excluding carboxylic acids is 1. The molecule has 1 amide bonds. The van der Waals surface area contributed by atoms with Gasteiger partial charge in [0.15, 0.2) is 0 Å². The standard InChI is InChI=1S/C16H24N2O2/c1-12-9-13(2)11-14(10-12)20-8-7-18(3)15(19)16(17)5-4-6-16/h9-11H,4-8,17H2,1-3H3. The first kappa shape index (κ1) is 14.9. The first-order valence-electron chi connectivity index (χ1n) is 7.16. The number of rotatable bonds is 5. The van der Waals surface area contributed by atoms with Gasteiger partial charge >= 0.3 is 0 Å². The molecule has 1 aliphatic carbocycles. The largest absolute Gasteiger partial charge is 0.492 e. The fourth-order valence-electron chi connectivity index (χ4n) is 2.57. The van der Waals surface area contributed by atoms with E-state index in [1.807, 2.05) is 26.0 Å². The molecule has 4 heteroatoms. The molecule has 1 aromatic rings. The molecule has 1 fully saturated rings. The van der Waals surface area contributed by atoms with E-state index in [9.17, 15) is 4.79 Å². The second-order valence-corrected chi connectivity index (χ2v) is 5.91. The molecule has 0 bridgehead atoms. The summed E-state index contributed by atoms with van der Waals surface area (Å²) in [6.45, 7) is 5.14. The topological polar surface area (TPSA) is 55.6 Å². The molecule has 2 N–H and O–H groups in total. The van der Waals surface area contributed by atoms with Gasteiger partial charge in [-0.3, -0.25) is 4.79 Å². The van der Waals surface area contributed by atoms with E-state index >= 15 is 0 Å². The van der Waals surface area contributed by atoms with Crippen LogP contribution in [0, 0.1) is 13.8 Å². The highest BCUT2D eigenvalue weighted by molar-refractivity contribution is 5.86. The smallest absolute Gasteiger partial charge is 0.242 e. The van der Waals surface area contributed by atoms with Gasteiger partial charge in [-0.1, -0.05) is 6.07 Å². The Morgan fingerprint density at radius 3 is 2.40 bits per heavy atom. The minimum atomic E-state index is -0.616. The number of amides is 1. The van der Waals surface area contributed by atoms with Gasteiger partial charge < -0.3 is 15.4 Å². The Balaban J connectivity index is 1.81. The van der Waals surface area contributed by atoms with Crippen LogP contribution < -0.4 is 10.5 Å². The average molecular weight is 276 g/mol. The van der Waals surface area contributed by atoms with Gasteiger partial charge in [0.1, 0.15) is 12.4 Å². The molecule has 0 saturated heterocycles. The molecule has 0 spiro atoms. The maximum atomic E-state index is 12.1. The van der Waals surface area contributed by atoms with Crippen molar-refractivity contribution in [2.75, 3.05) is 20.2 Å². The van der Waals surface area contributed by atoms with Crippen molar-refractivity contribution < 1.29 is 9.53 Å². The summed E-state index contributed by atoms with van der Waals surface area (Å²) in [5, 5.41) is 0. The predicted molar refractivity (Wildman–Crippen MR) is 79.8 cm³/mol. The Hall–Kier alpha value is -1.55. The molecule has 0 radical (unpaired) electrons. The zero-order chi connectivity index (χ0) is 14.8. The fourth-order valence-corrected chi connectivity index (χ4v) is 2.57. The maximum absolute atomic E-state index is 12.1. The van der Waals surface area contributed by atoms with Crippen molar-refractivity contribution in [2.24, 2.45) is 5.73 Å². The van der Waals surface area contributed by atoms with Crippen LogP contribution in [0.4, 0.5) is 0 Å². The van der Waals surface area contributed by atoms with Crippen LogP contribution in [-0.4, -0.2) is 36.5 Å². The quantitative estimate of drug-likeness (QED) is 0.895. The van der Waals surface area contributed by atoms with Gasteiger partial charge in [0, 0.05) is 7.05 Å². The normalized spacial score (nSPS) is 16.4. The van der Waals surface area contributed by atoms with E-state index in [-0.39, 0.29) is 5.91 Å². The minimum absolute atomic E-state index is 0.0350. The molecule has 0 heterocycles. The summed E-state index contributed by atoms with van der Waals surface area (Å²) >= 11 is 0. The van der Waals surface area contributed by atoms with Crippen molar-refractivity contribution in [3.05, 3.63) is 29.3 Å². The number of aryl methyl sites for hydroxylation is 2. The van der Waals surface area contributed by atoms with Gasteiger partial charge in [-0.05, 0) is 56.4 Å². The third-order valence-corrected chi connectivity index (χ3v) is 3.91. The van der Waals surface area contributed by atoms with Gasteiger partial charge in [-0.2, -0.15) is 0 Å². The molecule has 1 saturated carbocycles. The number of benzene rings is 1. The summed E-state index contributed by atoms with van der Waals surface area (Å²) in [5.41, 5.74) is 7.78. The van der Waals surface area contributed by atoms with Crippen LogP contribution in [0.5, 0.6) is 5.75 Å². The Labute approximate surface area is 120 Å². The highest BCUT2D eigenvalue weighted by Crippen LogP contribution is 2.30.